The van der Waals surface area contributed by atoms with Crippen LogP contribution in [0.15, 0.2) is 59.4 Å². The number of H-pyrrole nitrogens is 1. The van der Waals surface area contributed by atoms with Gasteiger partial charge in [-0.05, 0) is 31.7 Å². The Hall–Kier alpha value is -3.54. The average molecular weight is 399 g/mol. The van der Waals surface area contributed by atoms with Crippen molar-refractivity contribution in [2.24, 2.45) is 5.92 Å². The third-order valence-corrected chi connectivity index (χ3v) is 5.07. The molecule has 6 heteroatoms. The van der Waals surface area contributed by atoms with Gasteiger partial charge in [0.2, 0.25) is 11.9 Å². The third-order valence-electron chi connectivity index (χ3n) is 5.07. The maximum Gasteiger partial charge on any atom is 0.255 e. The van der Waals surface area contributed by atoms with Gasteiger partial charge in [-0.1, -0.05) is 62.4 Å². The number of aryl methyl sites for hydroxylation is 1. The summed E-state index contributed by atoms with van der Waals surface area (Å²) in [7, 11) is 0. The first-order valence-corrected chi connectivity index (χ1v) is 10.2. The van der Waals surface area contributed by atoms with Crippen molar-refractivity contribution in [2.75, 3.05) is 5.32 Å². The molecule has 0 aliphatic heterocycles. The van der Waals surface area contributed by atoms with Crippen LogP contribution in [-0.4, -0.2) is 19.9 Å². The normalized spacial score (nSPS) is 11.2. The number of aromatic nitrogens is 4. The third kappa shape index (κ3) is 4.22. The molecular formula is C24H25N5O. The lowest BCUT2D eigenvalue weighted by Crippen LogP contribution is -2.19. The zero-order valence-electron chi connectivity index (χ0n) is 17.4. The van der Waals surface area contributed by atoms with Gasteiger partial charge in [0.25, 0.3) is 5.56 Å². The summed E-state index contributed by atoms with van der Waals surface area (Å²) in [6, 6.07) is 17.9. The van der Waals surface area contributed by atoms with Crippen LogP contribution in [0.25, 0.3) is 22.2 Å². The molecule has 152 valence electrons. The van der Waals surface area contributed by atoms with Crippen LogP contribution < -0.4 is 10.9 Å². The van der Waals surface area contributed by atoms with Crippen LogP contribution >= 0.6 is 0 Å². The molecule has 4 rings (SSSR count). The first-order chi connectivity index (χ1) is 14.5. The van der Waals surface area contributed by atoms with E-state index in [1.165, 1.54) is 0 Å². The molecule has 2 heterocycles. The predicted molar refractivity (Wildman–Crippen MR) is 121 cm³/mol. The summed E-state index contributed by atoms with van der Waals surface area (Å²) in [5, 5.41) is 4.06. The van der Waals surface area contributed by atoms with Crippen molar-refractivity contribution < 1.29 is 0 Å². The minimum Gasteiger partial charge on any atom is -0.294 e. The zero-order chi connectivity index (χ0) is 21.1. The molecule has 0 amide bonds. The molecule has 0 aliphatic rings. The number of hydrogen-bond donors (Lipinski definition) is 2. The number of para-hydroxylation sites is 1. The molecule has 4 aromatic rings. The molecule has 30 heavy (non-hydrogen) atoms. The number of rotatable bonds is 6. The summed E-state index contributed by atoms with van der Waals surface area (Å²) in [4.78, 5) is 29.3. The van der Waals surface area contributed by atoms with Crippen LogP contribution in [-0.2, 0) is 6.42 Å². The van der Waals surface area contributed by atoms with Crippen LogP contribution in [0.3, 0.4) is 0 Å². The largest absolute Gasteiger partial charge is 0.294 e. The van der Waals surface area contributed by atoms with Crippen molar-refractivity contribution in [3.05, 3.63) is 76.2 Å². The maximum atomic E-state index is 12.6. The highest BCUT2D eigenvalue weighted by Gasteiger charge is 2.13. The van der Waals surface area contributed by atoms with E-state index in [0.29, 0.717) is 17.8 Å². The van der Waals surface area contributed by atoms with Crippen LogP contribution in [0.2, 0.25) is 0 Å². The summed E-state index contributed by atoms with van der Waals surface area (Å²) in [6.07, 6.45) is 1.67. The minimum absolute atomic E-state index is 0.116. The van der Waals surface area contributed by atoms with Gasteiger partial charge in [-0.3, -0.25) is 15.1 Å². The molecule has 0 fully saturated rings. The summed E-state index contributed by atoms with van der Waals surface area (Å²) in [5.41, 5.74) is 4.00. The Kier molecular flexibility index (Phi) is 5.57. The zero-order valence-corrected chi connectivity index (χ0v) is 17.4. The summed E-state index contributed by atoms with van der Waals surface area (Å²) >= 11 is 0. The lowest BCUT2D eigenvalue weighted by atomic mass is 10.0. The van der Waals surface area contributed by atoms with Crippen molar-refractivity contribution >= 4 is 22.8 Å². The van der Waals surface area contributed by atoms with Gasteiger partial charge in [-0.15, -0.1) is 0 Å². The average Bonchev–Trinajstić information content (AvgIpc) is 2.73. The molecule has 2 aromatic heterocycles. The Morgan fingerprint density at radius 1 is 0.967 bits per heavy atom. The van der Waals surface area contributed by atoms with E-state index < -0.39 is 0 Å². The van der Waals surface area contributed by atoms with E-state index in [2.05, 4.69) is 34.1 Å². The van der Waals surface area contributed by atoms with Gasteiger partial charge >= 0.3 is 0 Å². The molecule has 0 unspecified atom stereocenters. The van der Waals surface area contributed by atoms with Gasteiger partial charge in [0.15, 0.2) is 0 Å². The van der Waals surface area contributed by atoms with Gasteiger partial charge in [-0.25, -0.2) is 15.0 Å². The molecular weight excluding hydrogens is 374 g/mol. The monoisotopic (exact) mass is 399 g/mol. The van der Waals surface area contributed by atoms with Crippen molar-refractivity contribution in [3.8, 4) is 11.3 Å². The van der Waals surface area contributed by atoms with Gasteiger partial charge in [0, 0.05) is 22.2 Å². The molecule has 2 aromatic carbocycles. The van der Waals surface area contributed by atoms with Gasteiger partial charge in [0.05, 0.1) is 11.2 Å². The first-order valence-electron chi connectivity index (χ1n) is 10.2. The smallest absolute Gasteiger partial charge is 0.255 e. The number of hydrogen-bond acceptors (Lipinski definition) is 5. The highest BCUT2D eigenvalue weighted by Crippen LogP contribution is 2.27. The lowest BCUT2D eigenvalue weighted by molar-refractivity contribution is 0.582. The Morgan fingerprint density at radius 2 is 1.70 bits per heavy atom. The second kappa shape index (κ2) is 8.45. The Labute approximate surface area is 175 Å². The second-order valence-electron chi connectivity index (χ2n) is 7.82. The van der Waals surface area contributed by atoms with Crippen molar-refractivity contribution in [1.29, 1.82) is 0 Å². The number of aromatic amines is 1. The molecule has 0 radical (unpaired) electrons. The molecule has 0 bridgehead atoms. The highest BCUT2D eigenvalue weighted by atomic mass is 16.1. The van der Waals surface area contributed by atoms with E-state index >= 15 is 0 Å². The standard InChI is InChI=1S/C24H25N5O/c1-15(2)13-14-18-16(3)25-23(28-22(18)30)29-24-26-20-12-8-7-11-19(20)21(27-24)17-9-5-4-6-10-17/h4-12,15H,13-14H2,1-3H3,(H2,25,26,27,28,29,30). The Morgan fingerprint density at radius 3 is 2.43 bits per heavy atom. The van der Waals surface area contributed by atoms with E-state index in [0.717, 1.165) is 46.3 Å². The van der Waals surface area contributed by atoms with Crippen LogP contribution in [0.1, 0.15) is 31.5 Å². The van der Waals surface area contributed by atoms with E-state index in [1.54, 1.807) is 0 Å². The highest BCUT2D eigenvalue weighted by molar-refractivity contribution is 5.93. The number of nitrogens with zero attached hydrogens (tertiary/aromatic N) is 3. The van der Waals surface area contributed by atoms with Crippen LogP contribution in [0.4, 0.5) is 11.9 Å². The fourth-order valence-corrected chi connectivity index (χ4v) is 3.45. The fourth-order valence-electron chi connectivity index (χ4n) is 3.45. The van der Waals surface area contributed by atoms with E-state index in [9.17, 15) is 4.79 Å². The van der Waals surface area contributed by atoms with Gasteiger partial charge < -0.3 is 0 Å². The summed E-state index contributed by atoms with van der Waals surface area (Å²) in [5.74, 6) is 1.27. The summed E-state index contributed by atoms with van der Waals surface area (Å²) < 4.78 is 0. The van der Waals surface area contributed by atoms with Crippen LogP contribution in [0, 0.1) is 12.8 Å². The molecule has 0 saturated heterocycles. The van der Waals surface area contributed by atoms with E-state index in [-0.39, 0.29) is 5.56 Å². The minimum atomic E-state index is -0.116. The molecule has 6 nitrogen and oxygen atoms in total. The SMILES string of the molecule is Cc1nc(Nc2nc(-c3ccccc3)c3ccccc3n2)[nH]c(=O)c1CCC(C)C. The van der Waals surface area contributed by atoms with Gasteiger partial charge in [0.1, 0.15) is 0 Å². The number of anilines is 2. The Bertz CT molecular complexity index is 1230. The number of fused-ring (bicyclic) bond motifs is 1. The maximum absolute atomic E-state index is 12.6. The van der Waals surface area contributed by atoms with Crippen LogP contribution in [0.5, 0.6) is 0 Å². The van der Waals surface area contributed by atoms with E-state index in [4.69, 9.17) is 4.98 Å². The molecule has 0 aliphatic carbocycles. The lowest BCUT2D eigenvalue weighted by Gasteiger charge is -2.11. The topological polar surface area (TPSA) is 83.6 Å². The molecule has 0 saturated carbocycles. The van der Waals surface area contributed by atoms with Gasteiger partial charge in [-0.2, -0.15) is 0 Å². The van der Waals surface area contributed by atoms with Crippen molar-refractivity contribution in [1.82, 2.24) is 19.9 Å². The van der Waals surface area contributed by atoms with Crippen molar-refractivity contribution in [3.63, 3.8) is 0 Å². The first kappa shape index (κ1) is 19.8. The van der Waals surface area contributed by atoms with Crippen molar-refractivity contribution in [2.45, 2.75) is 33.6 Å². The van der Waals surface area contributed by atoms with E-state index in [1.807, 2.05) is 61.5 Å². The fraction of sp³-hybridized carbons (Fsp3) is 0.250. The second-order valence-corrected chi connectivity index (χ2v) is 7.82. The quantitative estimate of drug-likeness (QED) is 0.476. The summed E-state index contributed by atoms with van der Waals surface area (Å²) in [6.45, 7) is 6.16. The molecule has 0 atom stereocenters. The molecule has 2 N–H and O–H groups in total. The number of benzene rings is 2. The number of nitrogens with one attached hydrogen (secondary N) is 2. The predicted octanol–water partition coefficient (Wildman–Crippen LogP) is 5.02. The molecule has 0 spiro atoms. The Balaban J connectivity index is 1.72.